The van der Waals surface area contributed by atoms with Crippen LogP contribution in [-0.2, 0) is 39.1 Å². The number of aromatic nitrogens is 2. The van der Waals surface area contributed by atoms with Crippen LogP contribution in [0.2, 0.25) is 0 Å². The molecule has 1 atom stereocenters. The third-order valence-electron chi connectivity index (χ3n) is 6.57. The summed E-state index contributed by atoms with van der Waals surface area (Å²) in [6.45, 7) is 4.06. The second kappa shape index (κ2) is 8.00. The van der Waals surface area contributed by atoms with Gasteiger partial charge in [0.05, 0.1) is 35.3 Å². The second-order valence-electron chi connectivity index (χ2n) is 9.02. The number of aliphatic hydroxyl groups excluding tert-OH is 1. The molecule has 2 aromatic heterocycles. The van der Waals surface area contributed by atoms with Crippen LogP contribution in [-0.4, -0.2) is 52.2 Å². The molecule has 2 aliphatic rings. The van der Waals surface area contributed by atoms with Crippen LogP contribution in [0.5, 0.6) is 0 Å². The van der Waals surface area contributed by atoms with Gasteiger partial charge in [0.1, 0.15) is 6.61 Å². The van der Waals surface area contributed by atoms with E-state index in [-0.39, 0.29) is 35.9 Å². The number of benzene rings is 1. The van der Waals surface area contributed by atoms with Crippen molar-refractivity contribution in [1.29, 1.82) is 0 Å². The number of carbonyl (C=O) groups is 1. The smallest absolute Gasteiger partial charge is 0.340 e. The lowest BCUT2D eigenvalue weighted by Crippen LogP contribution is -2.37. The molecule has 0 bridgehead atoms. The number of fused-ring (bicyclic) bond motifs is 5. The Hall–Kier alpha value is -3.08. The van der Waals surface area contributed by atoms with Crippen LogP contribution in [0, 0.1) is 0 Å². The number of rotatable bonds is 5. The number of sulfonamides is 1. The molecule has 0 radical (unpaired) electrons. The third kappa shape index (κ3) is 3.53. The monoisotopic (exact) mass is 483 g/mol. The van der Waals surface area contributed by atoms with E-state index >= 15 is 0 Å². The van der Waals surface area contributed by atoms with Crippen LogP contribution in [0.4, 0.5) is 0 Å². The molecule has 0 saturated heterocycles. The Kier molecular flexibility index (Phi) is 5.34. The highest BCUT2D eigenvalue weighted by atomic mass is 32.2. The van der Waals surface area contributed by atoms with E-state index in [1.54, 1.807) is 10.6 Å². The van der Waals surface area contributed by atoms with Gasteiger partial charge >= 0.3 is 5.97 Å². The fourth-order valence-corrected chi connectivity index (χ4v) is 6.16. The minimum Gasteiger partial charge on any atom is -0.458 e. The molecule has 0 spiro atoms. The van der Waals surface area contributed by atoms with Crippen molar-refractivity contribution in [2.75, 3.05) is 12.8 Å². The van der Waals surface area contributed by atoms with E-state index in [1.807, 2.05) is 38.1 Å². The normalized spacial score (nSPS) is 17.1. The fraction of sp³-hybridized carbons (Fsp3) is 0.375. The van der Waals surface area contributed by atoms with Crippen molar-refractivity contribution >= 4 is 26.9 Å². The number of ether oxygens (including phenoxy) is 1. The number of cyclic esters (lactones) is 1. The van der Waals surface area contributed by atoms with Gasteiger partial charge in [-0.05, 0) is 38.0 Å². The van der Waals surface area contributed by atoms with Crippen LogP contribution in [0.25, 0.3) is 22.3 Å². The summed E-state index contributed by atoms with van der Waals surface area (Å²) in [4.78, 5) is 30.0. The lowest BCUT2D eigenvalue weighted by Gasteiger charge is -2.24. The number of aliphatic hydroxyl groups is 1. The number of hydrogen-bond donors (Lipinski definition) is 1. The van der Waals surface area contributed by atoms with Gasteiger partial charge in [0.2, 0.25) is 10.0 Å². The lowest BCUT2D eigenvalue weighted by atomic mass is 9.97. The Labute approximate surface area is 196 Å². The maximum Gasteiger partial charge on any atom is 0.340 e. The van der Waals surface area contributed by atoms with Gasteiger partial charge in [0, 0.05) is 29.1 Å². The molecule has 1 N–H and O–H groups in total. The Morgan fingerprint density at radius 2 is 1.97 bits per heavy atom. The summed E-state index contributed by atoms with van der Waals surface area (Å²) in [5, 5.41) is 11.2. The molecule has 4 heterocycles. The van der Waals surface area contributed by atoms with E-state index in [0.717, 1.165) is 22.0 Å². The summed E-state index contributed by atoms with van der Waals surface area (Å²) in [5.41, 5.74) is 3.83. The minimum atomic E-state index is -3.40. The molecular weight excluding hydrogens is 458 g/mol. The summed E-state index contributed by atoms with van der Waals surface area (Å²) in [5.74, 6) is -0.781. The third-order valence-corrected chi connectivity index (χ3v) is 8.02. The van der Waals surface area contributed by atoms with Gasteiger partial charge in [0.15, 0.2) is 6.10 Å². The number of hydrogen-bond acceptors (Lipinski definition) is 7. The van der Waals surface area contributed by atoms with Crippen molar-refractivity contribution in [2.24, 2.45) is 0 Å². The van der Waals surface area contributed by atoms with Gasteiger partial charge in [-0.1, -0.05) is 18.2 Å². The van der Waals surface area contributed by atoms with Crippen LogP contribution in [0.3, 0.4) is 0 Å². The average Bonchev–Trinajstić information content (AvgIpc) is 3.14. The number of esters is 1. The molecule has 3 aromatic rings. The van der Waals surface area contributed by atoms with Crippen LogP contribution in [0.15, 0.2) is 35.1 Å². The number of carbonyl (C=O) groups excluding carboxylic acids is 1. The van der Waals surface area contributed by atoms with Crippen molar-refractivity contribution in [3.8, 4) is 11.4 Å². The van der Waals surface area contributed by atoms with Gasteiger partial charge in [-0.15, -0.1) is 0 Å². The summed E-state index contributed by atoms with van der Waals surface area (Å²) < 4.78 is 32.7. The Morgan fingerprint density at radius 1 is 1.24 bits per heavy atom. The molecule has 0 fully saturated rings. The summed E-state index contributed by atoms with van der Waals surface area (Å²) >= 11 is 0. The Bertz CT molecular complexity index is 1510. The van der Waals surface area contributed by atoms with E-state index in [4.69, 9.17) is 9.72 Å². The molecule has 1 aromatic carbocycles. The van der Waals surface area contributed by atoms with Crippen molar-refractivity contribution in [3.63, 3.8) is 0 Å². The molecular formula is C24H25N3O6S. The Balaban J connectivity index is 1.68. The quantitative estimate of drug-likeness (QED) is 0.430. The summed E-state index contributed by atoms with van der Waals surface area (Å²) in [7, 11) is -3.40. The van der Waals surface area contributed by atoms with Gasteiger partial charge < -0.3 is 14.4 Å². The van der Waals surface area contributed by atoms with Gasteiger partial charge in [-0.25, -0.2) is 18.2 Å². The molecule has 9 nitrogen and oxygen atoms in total. The van der Waals surface area contributed by atoms with E-state index < -0.39 is 22.1 Å². The molecule has 0 saturated carbocycles. The highest BCUT2D eigenvalue weighted by Crippen LogP contribution is 2.38. The summed E-state index contributed by atoms with van der Waals surface area (Å²) in [6, 6.07) is 9.06. The lowest BCUT2D eigenvalue weighted by molar-refractivity contribution is -0.157. The van der Waals surface area contributed by atoms with Crippen LogP contribution < -0.4 is 5.56 Å². The van der Waals surface area contributed by atoms with Crippen LogP contribution >= 0.6 is 0 Å². The summed E-state index contributed by atoms with van der Waals surface area (Å²) in [6.07, 6.45) is 0.140. The molecule has 10 heteroatoms. The number of para-hydroxylation sites is 1. The largest absolute Gasteiger partial charge is 0.458 e. The molecule has 178 valence electrons. The van der Waals surface area contributed by atoms with Gasteiger partial charge in [-0.3, -0.25) is 4.79 Å². The fourth-order valence-electron chi connectivity index (χ4n) is 4.97. The predicted octanol–water partition coefficient (Wildman–Crippen LogP) is 1.73. The first-order valence-corrected chi connectivity index (χ1v) is 12.9. The second-order valence-corrected chi connectivity index (χ2v) is 11.0. The maximum atomic E-state index is 13.3. The SMILES string of the molecule is CC(C)N(CCc1c2c(nc3ccccc13)-c1cc3c(c(=O)n1C2)COC(=O)C3O)S(C)(=O)=O. The van der Waals surface area contributed by atoms with Crippen molar-refractivity contribution in [2.45, 2.75) is 45.6 Å². The van der Waals surface area contributed by atoms with E-state index in [0.29, 0.717) is 24.4 Å². The topological polar surface area (TPSA) is 119 Å². The highest BCUT2D eigenvalue weighted by molar-refractivity contribution is 7.88. The molecule has 0 amide bonds. The standard InChI is InChI=1S/C24H25N3O6S/c1-13(2)27(34(3,31)32)9-8-14-15-6-4-5-7-19(15)25-21-17(14)11-26-20(21)10-16-18(23(26)29)12-33-24(30)22(16)28/h4-7,10,13,22,28H,8-9,11-12H2,1-3H3. The number of nitrogens with zero attached hydrogens (tertiary/aromatic N) is 3. The number of pyridine rings is 2. The molecule has 34 heavy (non-hydrogen) atoms. The zero-order chi connectivity index (χ0) is 24.4. The van der Waals surface area contributed by atoms with Gasteiger partial charge in [-0.2, -0.15) is 4.31 Å². The first-order chi connectivity index (χ1) is 16.1. The van der Waals surface area contributed by atoms with Gasteiger partial charge in [0.25, 0.3) is 5.56 Å². The Morgan fingerprint density at radius 3 is 2.68 bits per heavy atom. The van der Waals surface area contributed by atoms with E-state index in [9.17, 15) is 23.1 Å². The maximum absolute atomic E-state index is 13.3. The van der Waals surface area contributed by atoms with E-state index in [2.05, 4.69) is 0 Å². The first kappa shape index (κ1) is 22.7. The van der Waals surface area contributed by atoms with E-state index in [1.165, 1.54) is 10.6 Å². The van der Waals surface area contributed by atoms with Crippen molar-refractivity contribution in [1.82, 2.24) is 13.9 Å². The molecule has 5 rings (SSSR count). The molecule has 2 aliphatic heterocycles. The average molecular weight is 484 g/mol. The predicted molar refractivity (Wildman–Crippen MR) is 126 cm³/mol. The van der Waals surface area contributed by atoms with Crippen LogP contribution in [0.1, 0.15) is 42.2 Å². The van der Waals surface area contributed by atoms with Crippen molar-refractivity contribution < 1.29 is 23.1 Å². The molecule has 1 unspecified atom stereocenters. The zero-order valence-electron chi connectivity index (χ0n) is 19.1. The minimum absolute atomic E-state index is 0.180. The zero-order valence-corrected chi connectivity index (χ0v) is 19.9. The first-order valence-electron chi connectivity index (χ1n) is 11.1. The molecule has 0 aliphatic carbocycles. The highest BCUT2D eigenvalue weighted by Gasteiger charge is 2.34. The van der Waals surface area contributed by atoms with Crippen molar-refractivity contribution in [3.05, 3.63) is 62.9 Å².